The van der Waals surface area contributed by atoms with Crippen LogP contribution in [-0.4, -0.2) is 0 Å². The molecule has 104 valence electrons. The van der Waals surface area contributed by atoms with Crippen molar-refractivity contribution in [2.75, 3.05) is 0 Å². The van der Waals surface area contributed by atoms with E-state index < -0.39 is 0 Å². The number of hydrogen-bond donors (Lipinski definition) is 0. The maximum atomic E-state index is 3.36. The van der Waals surface area contributed by atoms with Gasteiger partial charge in [-0.05, 0) is 37.0 Å². The maximum absolute atomic E-state index is 3.36. The fourth-order valence-electron chi connectivity index (χ4n) is 2.38. The molecule has 1 atom stereocenters. The SMILES string of the molecule is C=CC=C.CC.CCC1C(C)=C(C)c2ccccc21. The molecule has 0 radical (unpaired) electrons. The summed E-state index contributed by atoms with van der Waals surface area (Å²) in [5, 5.41) is 0. The van der Waals surface area contributed by atoms with Crippen LogP contribution in [-0.2, 0) is 0 Å². The second-order valence-corrected chi connectivity index (χ2v) is 4.33. The molecule has 0 amide bonds. The van der Waals surface area contributed by atoms with E-state index in [-0.39, 0.29) is 0 Å². The summed E-state index contributed by atoms with van der Waals surface area (Å²) in [5.41, 5.74) is 6.04. The van der Waals surface area contributed by atoms with E-state index in [1.54, 1.807) is 17.7 Å². The Morgan fingerprint density at radius 2 is 1.58 bits per heavy atom. The van der Waals surface area contributed by atoms with Gasteiger partial charge in [0.05, 0.1) is 0 Å². The predicted molar refractivity (Wildman–Crippen MR) is 89.5 cm³/mol. The van der Waals surface area contributed by atoms with E-state index >= 15 is 0 Å². The summed E-state index contributed by atoms with van der Waals surface area (Å²) in [4.78, 5) is 0. The molecule has 0 N–H and O–H groups in total. The average molecular weight is 256 g/mol. The summed E-state index contributed by atoms with van der Waals surface area (Å²) in [5.74, 6) is 0.677. The van der Waals surface area contributed by atoms with Crippen LogP contribution in [0.1, 0.15) is 58.1 Å². The summed E-state index contributed by atoms with van der Waals surface area (Å²) in [7, 11) is 0. The minimum absolute atomic E-state index is 0.677. The van der Waals surface area contributed by atoms with E-state index in [9.17, 15) is 0 Å². The Kier molecular flexibility index (Phi) is 8.61. The van der Waals surface area contributed by atoms with Crippen molar-refractivity contribution in [3.05, 3.63) is 66.3 Å². The van der Waals surface area contributed by atoms with E-state index in [1.807, 2.05) is 13.8 Å². The van der Waals surface area contributed by atoms with Gasteiger partial charge in [0.1, 0.15) is 0 Å². The molecule has 1 aromatic carbocycles. The van der Waals surface area contributed by atoms with Crippen LogP contribution in [0.2, 0.25) is 0 Å². The fourth-order valence-corrected chi connectivity index (χ4v) is 2.38. The maximum Gasteiger partial charge on any atom is 0.00547 e. The summed E-state index contributed by atoms with van der Waals surface area (Å²) < 4.78 is 0. The Balaban J connectivity index is 0.000000467. The van der Waals surface area contributed by atoms with E-state index in [2.05, 4.69) is 58.2 Å². The highest BCUT2D eigenvalue weighted by Gasteiger charge is 2.23. The van der Waals surface area contributed by atoms with Crippen LogP contribution >= 0.6 is 0 Å². The first-order valence-corrected chi connectivity index (χ1v) is 7.17. The highest BCUT2D eigenvalue weighted by atomic mass is 14.3. The highest BCUT2D eigenvalue weighted by Crippen LogP contribution is 2.42. The zero-order valence-electron chi connectivity index (χ0n) is 13.2. The molecule has 0 heterocycles. The van der Waals surface area contributed by atoms with E-state index in [0.29, 0.717) is 5.92 Å². The largest absolute Gasteiger partial charge is 0.0991 e. The van der Waals surface area contributed by atoms with Crippen LogP contribution < -0.4 is 0 Å². The quantitative estimate of drug-likeness (QED) is 0.539. The van der Waals surface area contributed by atoms with E-state index in [1.165, 1.54) is 23.1 Å². The molecule has 1 aliphatic rings. The number of allylic oxidation sites excluding steroid dienone is 4. The van der Waals surface area contributed by atoms with Gasteiger partial charge in [-0.3, -0.25) is 0 Å². The number of rotatable bonds is 2. The Morgan fingerprint density at radius 3 is 2.05 bits per heavy atom. The lowest BCUT2D eigenvalue weighted by Gasteiger charge is -2.10. The molecule has 1 aliphatic carbocycles. The van der Waals surface area contributed by atoms with Crippen LogP contribution in [0.3, 0.4) is 0 Å². The average Bonchev–Trinajstić information content (AvgIpc) is 2.73. The van der Waals surface area contributed by atoms with Crippen molar-refractivity contribution in [2.45, 2.75) is 47.0 Å². The fraction of sp³-hybridized carbons (Fsp3) is 0.368. The molecule has 0 saturated heterocycles. The molecule has 0 saturated carbocycles. The van der Waals surface area contributed by atoms with Gasteiger partial charge >= 0.3 is 0 Å². The van der Waals surface area contributed by atoms with Crippen molar-refractivity contribution >= 4 is 5.57 Å². The zero-order valence-corrected chi connectivity index (χ0v) is 13.2. The Morgan fingerprint density at radius 1 is 1.05 bits per heavy atom. The summed E-state index contributed by atoms with van der Waals surface area (Å²) >= 11 is 0. The topological polar surface area (TPSA) is 0 Å². The smallest absolute Gasteiger partial charge is 0.00547 e. The van der Waals surface area contributed by atoms with Gasteiger partial charge in [0.25, 0.3) is 0 Å². The van der Waals surface area contributed by atoms with Crippen LogP contribution in [0.4, 0.5) is 0 Å². The molecular weight excluding hydrogens is 228 g/mol. The molecule has 0 aliphatic heterocycles. The molecule has 19 heavy (non-hydrogen) atoms. The van der Waals surface area contributed by atoms with Crippen LogP contribution in [0.25, 0.3) is 5.57 Å². The standard InChI is InChI=1S/C13H16.C4H6.C2H6/c1-4-11-9(2)10(3)12-7-5-6-8-13(11)12;1-3-4-2;1-2/h5-8,11H,4H2,1-3H3;3-4H,1-2H2;1-2H3. The number of hydrogen-bond acceptors (Lipinski definition) is 0. The first-order valence-electron chi connectivity index (χ1n) is 7.17. The predicted octanol–water partition coefficient (Wildman–Crippen LogP) is 6.37. The molecule has 0 fully saturated rings. The van der Waals surface area contributed by atoms with Gasteiger partial charge in [-0.25, -0.2) is 0 Å². The molecule has 1 aromatic rings. The van der Waals surface area contributed by atoms with Gasteiger partial charge in [-0.15, -0.1) is 0 Å². The Hall–Kier alpha value is -1.56. The first-order chi connectivity index (χ1) is 9.17. The van der Waals surface area contributed by atoms with Gasteiger partial charge in [-0.1, -0.05) is 75.9 Å². The van der Waals surface area contributed by atoms with E-state index in [0.717, 1.165) is 0 Å². The van der Waals surface area contributed by atoms with Gasteiger partial charge < -0.3 is 0 Å². The van der Waals surface area contributed by atoms with Crippen LogP contribution in [0, 0.1) is 0 Å². The Labute approximate surface area is 119 Å². The normalized spacial score (nSPS) is 15.5. The number of benzene rings is 1. The summed E-state index contributed by atoms with van der Waals surface area (Å²) in [6.07, 6.45) is 4.50. The molecule has 1 unspecified atom stereocenters. The second kappa shape index (κ2) is 9.38. The third-order valence-corrected chi connectivity index (χ3v) is 3.43. The molecular formula is C19H28. The minimum Gasteiger partial charge on any atom is -0.0991 e. The van der Waals surface area contributed by atoms with Crippen molar-refractivity contribution in [1.82, 2.24) is 0 Å². The highest BCUT2D eigenvalue weighted by molar-refractivity contribution is 5.76. The van der Waals surface area contributed by atoms with E-state index in [4.69, 9.17) is 0 Å². The van der Waals surface area contributed by atoms with Gasteiger partial charge in [-0.2, -0.15) is 0 Å². The molecule has 0 nitrogen and oxygen atoms in total. The summed E-state index contributed by atoms with van der Waals surface area (Å²) in [6, 6.07) is 8.79. The monoisotopic (exact) mass is 256 g/mol. The molecule has 0 spiro atoms. The molecule has 2 rings (SSSR count). The van der Waals surface area contributed by atoms with Gasteiger partial charge in [0.15, 0.2) is 0 Å². The van der Waals surface area contributed by atoms with Gasteiger partial charge in [0.2, 0.25) is 0 Å². The van der Waals surface area contributed by atoms with Crippen LogP contribution in [0.15, 0.2) is 55.1 Å². The zero-order chi connectivity index (χ0) is 14.8. The molecule has 0 bridgehead atoms. The number of fused-ring (bicyclic) bond motifs is 1. The van der Waals surface area contributed by atoms with Crippen molar-refractivity contribution in [2.24, 2.45) is 0 Å². The lowest BCUT2D eigenvalue weighted by molar-refractivity contribution is 0.775. The third-order valence-electron chi connectivity index (χ3n) is 3.43. The van der Waals surface area contributed by atoms with Crippen molar-refractivity contribution < 1.29 is 0 Å². The minimum atomic E-state index is 0.677. The van der Waals surface area contributed by atoms with Crippen molar-refractivity contribution in [3.63, 3.8) is 0 Å². The lowest BCUT2D eigenvalue weighted by atomic mass is 9.94. The molecule has 0 heteroatoms. The van der Waals surface area contributed by atoms with Crippen LogP contribution in [0.5, 0.6) is 0 Å². The first kappa shape index (κ1) is 17.4. The Bertz CT molecular complexity index is 429. The summed E-state index contributed by atoms with van der Waals surface area (Å²) in [6.45, 7) is 17.5. The third kappa shape index (κ3) is 4.24. The lowest BCUT2D eigenvalue weighted by Crippen LogP contribution is -1.93. The second-order valence-electron chi connectivity index (χ2n) is 4.33. The van der Waals surface area contributed by atoms with Crippen molar-refractivity contribution in [1.29, 1.82) is 0 Å². The van der Waals surface area contributed by atoms with Gasteiger partial charge in [0, 0.05) is 5.92 Å². The molecule has 0 aromatic heterocycles. The van der Waals surface area contributed by atoms with Crippen molar-refractivity contribution in [3.8, 4) is 0 Å².